The molecule has 0 radical (unpaired) electrons. The first kappa shape index (κ1) is 34.1. The molecule has 11 heteroatoms. The second kappa shape index (κ2) is 14.2. The average Bonchev–Trinajstić information content (AvgIpc) is 3.85. The molecule has 8 rings (SSSR count). The van der Waals surface area contributed by atoms with Crippen LogP contribution in [0.2, 0.25) is 0 Å². The number of urea groups is 1. The van der Waals surface area contributed by atoms with Crippen molar-refractivity contribution in [3.05, 3.63) is 71.8 Å². The highest BCUT2D eigenvalue weighted by Gasteiger charge is 2.31. The first-order valence-corrected chi connectivity index (χ1v) is 18.7. The van der Waals surface area contributed by atoms with Crippen LogP contribution in [0.4, 0.5) is 10.5 Å². The van der Waals surface area contributed by atoms with E-state index in [4.69, 9.17) is 20.2 Å². The van der Waals surface area contributed by atoms with Gasteiger partial charge in [0.25, 0.3) is 5.91 Å². The summed E-state index contributed by atoms with van der Waals surface area (Å²) in [6.45, 7) is 4.29. The molecule has 5 aromatic rings. The number of imidazole rings is 1. The van der Waals surface area contributed by atoms with Crippen LogP contribution in [0.15, 0.2) is 60.7 Å². The highest BCUT2D eigenvalue weighted by atomic mass is 16.5. The molecule has 3 aliphatic rings. The first-order chi connectivity index (χ1) is 25.4. The lowest BCUT2D eigenvalue weighted by Crippen LogP contribution is -2.42. The summed E-state index contributed by atoms with van der Waals surface area (Å²) in [6.07, 6.45) is 6.24. The molecule has 3 amide bonds. The van der Waals surface area contributed by atoms with Crippen molar-refractivity contribution in [3.8, 4) is 23.0 Å². The van der Waals surface area contributed by atoms with E-state index in [-0.39, 0.29) is 11.9 Å². The van der Waals surface area contributed by atoms with E-state index >= 15 is 0 Å². The normalized spacial score (nSPS) is 18.3. The van der Waals surface area contributed by atoms with Crippen molar-refractivity contribution in [1.82, 2.24) is 23.9 Å². The Labute approximate surface area is 304 Å². The highest BCUT2D eigenvalue weighted by molar-refractivity contribution is 6.00. The van der Waals surface area contributed by atoms with E-state index in [2.05, 4.69) is 38.7 Å². The molecule has 0 spiro atoms. The number of anilines is 1. The Morgan fingerprint density at radius 2 is 1.65 bits per heavy atom. The molecule has 11 nitrogen and oxygen atoms in total. The largest absolute Gasteiger partial charge is 0.495 e. The predicted octanol–water partition coefficient (Wildman–Crippen LogP) is 6.84. The molecular weight excluding hydrogens is 654 g/mol. The van der Waals surface area contributed by atoms with E-state index in [1.54, 1.807) is 14.2 Å². The van der Waals surface area contributed by atoms with Crippen LogP contribution in [0, 0.1) is 11.8 Å². The third kappa shape index (κ3) is 6.35. The molecule has 2 saturated heterocycles. The number of hydrogen-bond acceptors (Lipinski definition) is 6. The Kier molecular flexibility index (Phi) is 9.29. The number of aryl methyl sites for hydroxylation is 1. The van der Waals surface area contributed by atoms with E-state index in [9.17, 15) is 9.59 Å². The minimum Gasteiger partial charge on any atom is -0.495 e. The summed E-state index contributed by atoms with van der Waals surface area (Å²) in [5, 5.41) is 4.24. The zero-order valence-corrected chi connectivity index (χ0v) is 30.4. The molecule has 3 fully saturated rings. The molecule has 2 aliphatic heterocycles. The summed E-state index contributed by atoms with van der Waals surface area (Å²) < 4.78 is 16.0. The lowest BCUT2D eigenvalue weighted by atomic mass is 9.88. The number of piperidine rings is 2. The minimum absolute atomic E-state index is 0.00126. The van der Waals surface area contributed by atoms with Crippen molar-refractivity contribution in [2.75, 3.05) is 52.3 Å². The quantitative estimate of drug-likeness (QED) is 0.174. The van der Waals surface area contributed by atoms with Gasteiger partial charge in [-0.15, -0.1) is 0 Å². The summed E-state index contributed by atoms with van der Waals surface area (Å²) in [7, 11) is 5.31. The van der Waals surface area contributed by atoms with E-state index in [1.165, 1.54) is 29.3 Å². The van der Waals surface area contributed by atoms with Gasteiger partial charge >= 0.3 is 6.03 Å². The van der Waals surface area contributed by atoms with E-state index in [1.807, 2.05) is 53.2 Å². The second-order valence-corrected chi connectivity index (χ2v) is 14.8. The second-order valence-electron chi connectivity index (χ2n) is 14.8. The van der Waals surface area contributed by atoms with E-state index < -0.39 is 0 Å². The number of nitrogens with one attached hydrogen (secondary N) is 1. The monoisotopic (exact) mass is 703 g/mol. The van der Waals surface area contributed by atoms with Gasteiger partial charge in [-0.05, 0) is 98.7 Å². The summed E-state index contributed by atoms with van der Waals surface area (Å²) in [6, 6.07) is 20.1. The molecule has 2 aromatic heterocycles. The van der Waals surface area contributed by atoms with Gasteiger partial charge in [-0.1, -0.05) is 30.3 Å². The van der Waals surface area contributed by atoms with E-state index in [0.717, 1.165) is 61.3 Å². The number of aromatic nitrogens is 3. The summed E-state index contributed by atoms with van der Waals surface area (Å²) in [5.41, 5.74) is 12.5. The number of rotatable bonds is 9. The van der Waals surface area contributed by atoms with Crippen LogP contribution in [0.3, 0.4) is 0 Å². The molecule has 1 saturated carbocycles. The van der Waals surface area contributed by atoms with Crippen molar-refractivity contribution in [2.45, 2.75) is 51.0 Å². The topological polar surface area (TPSA) is 120 Å². The predicted molar refractivity (Wildman–Crippen MR) is 204 cm³/mol. The minimum atomic E-state index is -0.0987. The van der Waals surface area contributed by atoms with Crippen LogP contribution in [0.1, 0.15) is 60.4 Å². The lowest BCUT2D eigenvalue weighted by molar-refractivity contribution is 0.0678. The van der Waals surface area contributed by atoms with Crippen LogP contribution in [-0.2, 0) is 13.6 Å². The van der Waals surface area contributed by atoms with Crippen LogP contribution in [0.5, 0.6) is 11.5 Å². The van der Waals surface area contributed by atoms with Gasteiger partial charge in [0, 0.05) is 50.7 Å². The molecule has 1 atom stereocenters. The number of methoxy groups -OCH3 is 2. The van der Waals surface area contributed by atoms with Gasteiger partial charge in [0.2, 0.25) is 0 Å². The van der Waals surface area contributed by atoms with Crippen molar-refractivity contribution >= 4 is 39.6 Å². The number of benzene rings is 3. The Morgan fingerprint density at radius 1 is 0.865 bits per heavy atom. The number of nitrogens with zero attached hydrogens (tertiary/aromatic N) is 5. The molecule has 272 valence electrons. The van der Waals surface area contributed by atoms with Gasteiger partial charge < -0.3 is 39.5 Å². The fourth-order valence-corrected chi connectivity index (χ4v) is 8.40. The number of para-hydroxylation sites is 3. The standard InChI is InChI=1S/C41H49N7O4/c1-45-38-33(20-30(22-36(38)52-3)40(49)47-17-7-8-27(23-42)24-47)43-39(45)34-21-29-9-6-10-31(37(29)48(34)25-26-13-14-26)28-15-18-46(19-16-28)41(50)44-32-11-4-5-12-35(32)51-2/h4-6,9-12,20-22,26-28H,7-8,13-19,23-25,42H2,1-3H3,(H,44,50)/t27-/m0/s1. The fourth-order valence-electron chi connectivity index (χ4n) is 8.40. The van der Waals surface area contributed by atoms with E-state index in [0.29, 0.717) is 66.7 Å². The number of amides is 3. The van der Waals surface area contributed by atoms with Gasteiger partial charge in [0.05, 0.1) is 36.6 Å². The molecule has 0 unspecified atom stereocenters. The summed E-state index contributed by atoms with van der Waals surface area (Å²) >= 11 is 0. The van der Waals surface area contributed by atoms with Crippen molar-refractivity contribution in [3.63, 3.8) is 0 Å². The molecule has 0 bridgehead atoms. The smallest absolute Gasteiger partial charge is 0.321 e. The van der Waals surface area contributed by atoms with Crippen LogP contribution in [-0.4, -0.2) is 82.8 Å². The molecule has 3 N–H and O–H groups in total. The van der Waals surface area contributed by atoms with Crippen molar-refractivity contribution in [2.24, 2.45) is 24.6 Å². The van der Waals surface area contributed by atoms with Gasteiger partial charge in [-0.2, -0.15) is 0 Å². The maximum Gasteiger partial charge on any atom is 0.321 e. The number of ether oxygens (including phenoxy) is 2. The van der Waals surface area contributed by atoms with Gasteiger partial charge in [0.15, 0.2) is 5.82 Å². The Balaban J connectivity index is 1.11. The number of hydrogen-bond donors (Lipinski definition) is 2. The molecule has 52 heavy (non-hydrogen) atoms. The van der Waals surface area contributed by atoms with Crippen molar-refractivity contribution < 1.29 is 19.1 Å². The average molecular weight is 704 g/mol. The third-order valence-electron chi connectivity index (χ3n) is 11.4. The number of carbonyl (C=O) groups is 2. The van der Waals surface area contributed by atoms with Crippen LogP contribution in [0.25, 0.3) is 33.5 Å². The van der Waals surface area contributed by atoms with Gasteiger partial charge in [-0.25, -0.2) is 9.78 Å². The highest BCUT2D eigenvalue weighted by Crippen LogP contribution is 2.41. The van der Waals surface area contributed by atoms with Crippen LogP contribution < -0.4 is 20.5 Å². The summed E-state index contributed by atoms with van der Waals surface area (Å²) in [5.74, 6) is 3.43. The number of carbonyl (C=O) groups excluding carboxylic acids is 2. The SMILES string of the molecule is COc1ccccc1NC(=O)N1CCC(c2cccc3cc(-c4nc5cc(C(=O)N6CCC[C@@H](CN)C6)cc(OC)c5n4C)n(CC4CC4)c23)CC1. The molecule has 1 aliphatic carbocycles. The fraction of sp³-hybridized carbons (Fsp3) is 0.439. The number of fused-ring (bicyclic) bond motifs is 2. The number of nitrogens with two attached hydrogens (primary N) is 1. The van der Waals surface area contributed by atoms with Crippen molar-refractivity contribution in [1.29, 1.82) is 0 Å². The Morgan fingerprint density at radius 3 is 2.40 bits per heavy atom. The lowest BCUT2D eigenvalue weighted by Gasteiger charge is -2.33. The first-order valence-electron chi connectivity index (χ1n) is 18.7. The molecule has 4 heterocycles. The maximum atomic E-state index is 13.7. The van der Waals surface area contributed by atoms with Crippen LogP contribution >= 0.6 is 0 Å². The Bertz CT molecular complexity index is 2120. The van der Waals surface area contributed by atoms with Gasteiger partial charge in [0.1, 0.15) is 17.0 Å². The van der Waals surface area contributed by atoms with Gasteiger partial charge in [-0.3, -0.25) is 4.79 Å². The molecular formula is C41H49N7O4. The number of likely N-dealkylation sites (tertiary alicyclic amines) is 2. The zero-order valence-electron chi connectivity index (χ0n) is 30.4. The zero-order chi connectivity index (χ0) is 35.9. The Hall–Kier alpha value is -5.03. The third-order valence-corrected chi connectivity index (χ3v) is 11.4. The molecule has 3 aromatic carbocycles. The maximum absolute atomic E-state index is 13.7. The summed E-state index contributed by atoms with van der Waals surface area (Å²) in [4.78, 5) is 36.1.